The Bertz CT molecular complexity index is 371. The van der Waals surface area contributed by atoms with E-state index in [1.54, 1.807) is 26.2 Å². The first-order valence-corrected chi connectivity index (χ1v) is 5.67. The van der Waals surface area contributed by atoms with Gasteiger partial charge in [-0.1, -0.05) is 6.92 Å². The van der Waals surface area contributed by atoms with Crippen LogP contribution in [0.4, 0.5) is 5.82 Å². The predicted molar refractivity (Wildman–Crippen MR) is 67.2 cm³/mol. The van der Waals surface area contributed by atoms with Crippen LogP contribution in [0.3, 0.4) is 0 Å². The standard InChI is InChI=1S/C12H19N3O2/c1-4-10-7-9(8-11(13-2)14-10)12(17)15(3)5-6-16/h7-8,16H,4-6H2,1-3H3,(H,13,14). The molecule has 0 spiro atoms. The molecule has 2 N–H and O–H groups in total. The molecule has 1 heterocycles. The molecule has 0 aliphatic rings. The van der Waals surface area contributed by atoms with Crippen molar-refractivity contribution in [2.24, 2.45) is 0 Å². The summed E-state index contributed by atoms with van der Waals surface area (Å²) in [6, 6.07) is 3.51. The maximum absolute atomic E-state index is 12.0. The van der Waals surface area contributed by atoms with E-state index in [9.17, 15) is 4.79 Å². The van der Waals surface area contributed by atoms with Crippen LogP contribution in [0.2, 0.25) is 0 Å². The second kappa shape index (κ2) is 6.20. The number of carbonyl (C=O) groups is 1. The normalized spacial score (nSPS) is 10.1. The highest BCUT2D eigenvalue weighted by Crippen LogP contribution is 2.12. The first-order chi connectivity index (χ1) is 8.12. The minimum absolute atomic E-state index is 0.0349. The van der Waals surface area contributed by atoms with Gasteiger partial charge in [-0.3, -0.25) is 4.79 Å². The molecule has 0 saturated carbocycles. The number of likely N-dealkylation sites (N-methyl/N-ethyl adjacent to an activating group) is 1. The zero-order chi connectivity index (χ0) is 12.8. The molecule has 0 atom stereocenters. The second-order valence-electron chi connectivity index (χ2n) is 3.79. The van der Waals surface area contributed by atoms with Crippen molar-refractivity contribution in [2.75, 3.05) is 32.6 Å². The monoisotopic (exact) mass is 237 g/mol. The summed E-state index contributed by atoms with van der Waals surface area (Å²) >= 11 is 0. The quantitative estimate of drug-likeness (QED) is 0.793. The molecule has 1 amide bonds. The van der Waals surface area contributed by atoms with Gasteiger partial charge in [0.2, 0.25) is 0 Å². The van der Waals surface area contributed by atoms with Gasteiger partial charge in [0.25, 0.3) is 5.91 Å². The Morgan fingerprint density at radius 2 is 2.24 bits per heavy atom. The fourth-order valence-corrected chi connectivity index (χ4v) is 1.49. The van der Waals surface area contributed by atoms with Crippen LogP contribution >= 0.6 is 0 Å². The summed E-state index contributed by atoms with van der Waals surface area (Å²) in [7, 11) is 3.44. The molecule has 1 rings (SSSR count). The third kappa shape index (κ3) is 3.42. The number of nitrogens with one attached hydrogen (secondary N) is 1. The van der Waals surface area contributed by atoms with Gasteiger partial charge in [-0.05, 0) is 18.6 Å². The van der Waals surface area contributed by atoms with Crippen LogP contribution in [0.5, 0.6) is 0 Å². The molecule has 0 saturated heterocycles. The number of aryl methyl sites for hydroxylation is 1. The number of hydrogen-bond donors (Lipinski definition) is 2. The van der Waals surface area contributed by atoms with Gasteiger partial charge in [0.15, 0.2) is 0 Å². The Kier molecular flexibility index (Phi) is 4.90. The molecule has 0 aromatic carbocycles. The highest BCUT2D eigenvalue weighted by Gasteiger charge is 2.13. The zero-order valence-corrected chi connectivity index (χ0v) is 10.5. The van der Waals surface area contributed by atoms with Gasteiger partial charge in [-0.2, -0.15) is 0 Å². The van der Waals surface area contributed by atoms with Gasteiger partial charge < -0.3 is 15.3 Å². The number of hydrogen-bond acceptors (Lipinski definition) is 4. The van der Waals surface area contributed by atoms with Crippen molar-refractivity contribution in [3.05, 3.63) is 23.4 Å². The van der Waals surface area contributed by atoms with E-state index in [1.807, 2.05) is 6.92 Å². The largest absolute Gasteiger partial charge is 0.395 e. The zero-order valence-electron chi connectivity index (χ0n) is 10.5. The van der Waals surface area contributed by atoms with Gasteiger partial charge in [-0.25, -0.2) is 4.98 Å². The van der Waals surface area contributed by atoms with Gasteiger partial charge >= 0.3 is 0 Å². The number of rotatable bonds is 5. The summed E-state index contributed by atoms with van der Waals surface area (Å²) in [6.07, 6.45) is 0.777. The fraction of sp³-hybridized carbons (Fsp3) is 0.500. The van der Waals surface area contributed by atoms with Crippen molar-refractivity contribution < 1.29 is 9.90 Å². The van der Waals surface area contributed by atoms with E-state index in [4.69, 9.17) is 5.11 Å². The van der Waals surface area contributed by atoms with Crippen LogP contribution in [0.1, 0.15) is 23.0 Å². The van der Waals surface area contributed by atoms with E-state index < -0.39 is 0 Å². The first kappa shape index (κ1) is 13.4. The highest BCUT2D eigenvalue weighted by atomic mass is 16.3. The summed E-state index contributed by atoms with van der Waals surface area (Å²) in [5.41, 5.74) is 1.47. The summed E-state index contributed by atoms with van der Waals surface area (Å²) in [5.74, 6) is 0.581. The van der Waals surface area contributed by atoms with Crippen molar-refractivity contribution >= 4 is 11.7 Å². The van der Waals surface area contributed by atoms with Crippen LogP contribution in [-0.2, 0) is 6.42 Å². The smallest absolute Gasteiger partial charge is 0.253 e. The lowest BCUT2D eigenvalue weighted by Crippen LogP contribution is -2.29. The van der Waals surface area contributed by atoms with E-state index in [-0.39, 0.29) is 12.5 Å². The molecular formula is C12H19N3O2. The van der Waals surface area contributed by atoms with Crippen molar-refractivity contribution in [1.82, 2.24) is 9.88 Å². The van der Waals surface area contributed by atoms with Crippen molar-refractivity contribution in [3.63, 3.8) is 0 Å². The average Bonchev–Trinajstić information content (AvgIpc) is 2.37. The summed E-state index contributed by atoms with van der Waals surface area (Å²) in [6.45, 7) is 2.29. The molecular weight excluding hydrogens is 218 g/mol. The summed E-state index contributed by atoms with van der Waals surface area (Å²) < 4.78 is 0. The number of anilines is 1. The fourth-order valence-electron chi connectivity index (χ4n) is 1.49. The molecule has 0 bridgehead atoms. The van der Waals surface area contributed by atoms with Crippen LogP contribution in [0.25, 0.3) is 0 Å². The molecule has 0 unspecified atom stereocenters. The lowest BCUT2D eigenvalue weighted by atomic mass is 10.1. The maximum atomic E-state index is 12.0. The number of aromatic nitrogens is 1. The van der Waals surface area contributed by atoms with Gasteiger partial charge in [0.05, 0.1) is 6.61 Å². The maximum Gasteiger partial charge on any atom is 0.253 e. The van der Waals surface area contributed by atoms with Crippen molar-refractivity contribution in [1.29, 1.82) is 0 Å². The lowest BCUT2D eigenvalue weighted by molar-refractivity contribution is 0.0767. The number of carbonyl (C=O) groups excluding carboxylic acids is 1. The highest BCUT2D eigenvalue weighted by molar-refractivity contribution is 5.94. The van der Waals surface area contributed by atoms with E-state index in [2.05, 4.69) is 10.3 Å². The minimum atomic E-state index is -0.104. The van der Waals surface area contributed by atoms with E-state index in [0.717, 1.165) is 12.1 Å². The molecule has 5 nitrogen and oxygen atoms in total. The van der Waals surface area contributed by atoms with E-state index in [1.165, 1.54) is 4.90 Å². The van der Waals surface area contributed by atoms with Crippen LogP contribution in [-0.4, -0.2) is 48.1 Å². The number of aliphatic hydroxyl groups excluding tert-OH is 1. The SMILES string of the molecule is CCc1cc(C(=O)N(C)CCO)cc(NC)n1. The Balaban J connectivity index is 2.99. The molecule has 0 fully saturated rings. The van der Waals surface area contributed by atoms with E-state index in [0.29, 0.717) is 17.9 Å². The van der Waals surface area contributed by atoms with Gasteiger partial charge in [-0.15, -0.1) is 0 Å². The van der Waals surface area contributed by atoms with Crippen LogP contribution < -0.4 is 5.32 Å². The Hall–Kier alpha value is -1.62. The molecule has 0 aliphatic heterocycles. The molecule has 0 radical (unpaired) electrons. The van der Waals surface area contributed by atoms with E-state index >= 15 is 0 Å². The van der Waals surface area contributed by atoms with Gasteiger partial charge in [0.1, 0.15) is 5.82 Å². The molecule has 5 heteroatoms. The topological polar surface area (TPSA) is 65.5 Å². The summed E-state index contributed by atoms with van der Waals surface area (Å²) in [5, 5.41) is 11.8. The van der Waals surface area contributed by atoms with Crippen LogP contribution in [0, 0.1) is 0 Å². The molecule has 0 aliphatic carbocycles. The number of aliphatic hydroxyl groups is 1. The Morgan fingerprint density at radius 3 is 2.76 bits per heavy atom. The Labute approximate surface area is 101 Å². The lowest BCUT2D eigenvalue weighted by Gasteiger charge is -2.16. The van der Waals surface area contributed by atoms with Gasteiger partial charge in [0, 0.05) is 31.9 Å². The third-order valence-corrected chi connectivity index (χ3v) is 2.53. The second-order valence-corrected chi connectivity index (χ2v) is 3.79. The summed E-state index contributed by atoms with van der Waals surface area (Å²) in [4.78, 5) is 17.9. The molecule has 94 valence electrons. The molecule has 1 aromatic rings. The average molecular weight is 237 g/mol. The number of nitrogens with zero attached hydrogens (tertiary/aromatic N) is 2. The Morgan fingerprint density at radius 1 is 1.53 bits per heavy atom. The number of amides is 1. The minimum Gasteiger partial charge on any atom is -0.395 e. The number of pyridine rings is 1. The predicted octanol–water partition coefficient (Wildman–Crippen LogP) is 0.750. The first-order valence-electron chi connectivity index (χ1n) is 5.67. The molecule has 1 aromatic heterocycles. The molecule has 17 heavy (non-hydrogen) atoms. The van der Waals surface area contributed by atoms with Crippen LogP contribution in [0.15, 0.2) is 12.1 Å². The third-order valence-electron chi connectivity index (χ3n) is 2.53. The van der Waals surface area contributed by atoms with Crippen molar-refractivity contribution in [2.45, 2.75) is 13.3 Å². The van der Waals surface area contributed by atoms with Crippen molar-refractivity contribution in [3.8, 4) is 0 Å².